The number of carbonyl (C=O) groups is 2. The van der Waals surface area contributed by atoms with Crippen molar-refractivity contribution in [3.63, 3.8) is 0 Å². The molecule has 1 amide bonds. The lowest BCUT2D eigenvalue weighted by Crippen LogP contribution is -2.51. The van der Waals surface area contributed by atoms with Crippen LogP contribution in [0.25, 0.3) is 0 Å². The molecule has 1 saturated carbocycles. The summed E-state index contributed by atoms with van der Waals surface area (Å²) in [5.74, 6) is -2.15. The molecule has 33 heavy (non-hydrogen) atoms. The molecule has 1 aliphatic carbocycles. The summed E-state index contributed by atoms with van der Waals surface area (Å²) in [4.78, 5) is 36.0. The fraction of sp³-hybridized carbons (Fsp3) is 0.600. The predicted octanol–water partition coefficient (Wildman–Crippen LogP) is 2.05. The molecule has 0 unspecified atom stereocenters. The molecular weight excluding hydrogens is 467 g/mol. The number of nitro groups is 1. The number of Topliss-reactive ketones (excluding diaryl/α,β-unsaturated/α-hetero) is 1. The van der Waals surface area contributed by atoms with E-state index < -0.39 is 55.9 Å². The third kappa shape index (κ3) is 5.35. The zero-order valence-electron chi connectivity index (χ0n) is 17.8. The Bertz CT molecular complexity index is 1040. The summed E-state index contributed by atoms with van der Waals surface area (Å²) in [5, 5.41) is 10.9. The van der Waals surface area contributed by atoms with Crippen LogP contribution in [0.5, 0.6) is 0 Å². The predicted molar refractivity (Wildman–Crippen MR) is 109 cm³/mol. The molecule has 1 aliphatic heterocycles. The van der Waals surface area contributed by atoms with Gasteiger partial charge in [-0.25, -0.2) is 8.42 Å². The maximum Gasteiger partial charge on any atom is 0.417 e. The Labute approximate surface area is 188 Å². The molecule has 2 aliphatic rings. The van der Waals surface area contributed by atoms with Gasteiger partial charge in [0.2, 0.25) is 22.5 Å². The third-order valence-corrected chi connectivity index (χ3v) is 8.30. The van der Waals surface area contributed by atoms with Gasteiger partial charge in [-0.3, -0.25) is 19.7 Å². The van der Waals surface area contributed by atoms with Crippen molar-refractivity contribution < 1.29 is 36.1 Å². The molecule has 0 aromatic heterocycles. The minimum Gasteiger partial charge on any atom is -0.340 e. The van der Waals surface area contributed by atoms with Crippen LogP contribution in [0.2, 0.25) is 0 Å². The van der Waals surface area contributed by atoms with Gasteiger partial charge in [0.05, 0.1) is 10.5 Å². The minimum absolute atomic E-state index is 0.0530. The number of carbonyl (C=O) groups excluding carboxylic acids is 2. The van der Waals surface area contributed by atoms with Crippen molar-refractivity contribution in [1.29, 1.82) is 0 Å². The molecule has 0 spiro atoms. The van der Waals surface area contributed by atoms with E-state index in [2.05, 4.69) is 0 Å². The van der Waals surface area contributed by atoms with Gasteiger partial charge in [0.25, 0.3) is 0 Å². The molecule has 1 saturated heterocycles. The van der Waals surface area contributed by atoms with Crippen molar-refractivity contribution in [3.05, 3.63) is 39.9 Å². The number of halogens is 3. The first-order valence-electron chi connectivity index (χ1n) is 10.4. The number of benzene rings is 1. The molecule has 3 rings (SSSR count). The lowest BCUT2D eigenvalue weighted by atomic mass is 9.87. The number of amides is 1. The van der Waals surface area contributed by atoms with Gasteiger partial charge in [-0.1, -0.05) is 19.1 Å². The number of ketones is 1. The van der Waals surface area contributed by atoms with Gasteiger partial charge in [0, 0.05) is 55.8 Å². The van der Waals surface area contributed by atoms with Crippen molar-refractivity contribution in [1.82, 2.24) is 9.21 Å². The normalized spacial score (nSPS) is 24.8. The number of alkyl halides is 3. The molecule has 0 radical (unpaired) electrons. The SMILES string of the molecule is C[C@@H]1CC(=O)[C@H](CC(=O)N2CCN(S(=O)(=O)c3ccccc3C(F)(F)F)CC2)[C@H]1C[N+](=O)[O-]. The van der Waals surface area contributed by atoms with Crippen molar-refractivity contribution in [2.24, 2.45) is 17.8 Å². The number of rotatable bonds is 6. The van der Waals surface area contributed by atoms with Crippen LogP contribution in [0.15, 0.2) is 29.2 Å². The highest BCUT2D eigenvalue weighted by molar-refractivity contribution is 7.89. The van der Waals surface area contributed by atoms with Gasteiger partial charge in [0.15, 0.2) is 0 Å². The highest BCUT2D eigenvalue weighted by atomic mass is 32.2. The van der Waals surface area contributed by atoms with E-state index in [4.69, 9.17) is 0 Å². The quantitative estimate of drug-likeness (QED) is 0.444. The van der Waals surface area contributed by atoms with E-state index in [0.29, 0.717) is 6.07 Å². The lowest BCUT2D eigenvalue weighted by Gasteiger charge is -2.35. The summed E-state index contributed by atoms with van der Waals surface area (Å²) >= 11 is 0. The van der Waals surface area contributed by atoms with E-state index in [1.54, 1.807) is 6.92 Å². The Morgan fingerprint density at radius 1 is 1.18 bits per heavy atom. The Morgan fingerprint density at radius 3 is 2.36 bits per heavy atom. The molecule has 13 heteroatoms. The van der Waals surface area contributed by atoms with Gasteiger partial charge in [0.1, 0.15) is 5.78 Å². The monoisotopic (exact) mass is 491 g/mol. The second-order valence-corrected chi connectivity index (χ2v) is 10.3. The standard InChI is InChI=1S/C20H24F3N3O6S/c1-13-10-17(27)14(15(13)12-26(29)30)11-19(28)24-6-8-25(9-7-24)33(31,32)18-5-3-2-4-16(18)20(21,22)23/h2-5,13-15H,6-12H2,1H3/t13-,14-,15+/m1/s1. The topological polar surface area (TPSA) is 118 Å². The van der Waals surface area contributed by atoms with Crippen molar-refractivity contribution in [3.8, 4) is 0 Å². The largest absolute Gasteiger partial charge is 0.417 e. The van der Waals surface area contributed by atoms with Crippen LogP contribution in [0.1, 0.15) is 25.3 Å². The van der Waals surface area contributed by atoms with Crippen LogP contribution in [0, 0.1) is 27.9 Å². The molecular formula is C20H24F3N3O6S. The van der Waals surface area contributed by atoms with Crippen LogP contribution in [-0.4, -0.2) is 67.0 Å². The molecule has 1 aromatic carbocycles. The van der Waals surface area contributed by atoms with Crippen LogP contribution in [0.3, 0.4) is 0 Å². The minimum atomic E-state index is -4.84. The summed E-state index contributed by atoms with van der Waals surface area (Å²) < 4.78 is 66.4. The maximum atomic E-state index is 13.3. The molecule has 2 fully saturated rings. The van der Waals surface area contributed by atoms with E-state index in [-0.39, 0.29) is 50.7 Å². The summed E-state index contributed by atoms with van der Waals surface area (Å²) in [7, 11) is -4.44. The summed E-state index contributed by atoms with van der Waals surface area (Å²) in [5.41, 5.74) is -1.26. The number of sulfonamides is 1. The zero-order chi connectivity index (χ0) is 24.6. The molecule has 9 nitrogen and oxygen atoms in total. The molecule has 1 heterocycles. The summed E-state index contributed by atoms with van der Waals surface area (Å²) in [6, 6.07) is 3.92. The van der Waals surface area contributed by atoms with Gasteiger partial charge in [-0.2, -0.15) is 17.5 Å². The first-order valence-corrected chi connectivity index (χ1v) is 11.8. The Balaban J connectivity index is 1.67. The third-order valence-electron chi connectivity index (χ3n) is 6.34. The van der Waals surface area contributed by atoms with E-state index in [9.17, 15) is 41.3 Å². The van der Waals surface area contributed by atoms with Crippen molar-refractivity contribution in [2.45, 2.75) is 30.8 Å². The van der Waals surface area contributed by atoms with E-state index in [0.717, 1.165) is 16.4 Å². The number of hydrogen-bond donors (Lipinski definition) is 0. The van der Waals surface area contributed by atoms with Gasteiger partial charge in [-0.05, 0) is 18.1 Å². The summed E-state index contributed by atoms with van der Waals surface area (Å²) in [6.45, 7) is 0.820. The average molecular weight is 491 g/mol. The molecule has 0 N–H and O–H groups in total. The average Bonchev–Trinajstić information content (AvgIpc) is 2.99. The Hall–Kier alpha value is -2.54. The second kappa shape index (κ2) is 9.37. The van der Waals surface area contributed by atoms with E-state index >= 15 is 0 Å². The zero-order valence-corrected chi connectivity index (χ0v) is 18.6. The number of nitrogens with zero attached hydrogens (tertiary/aromatic N) is 3. The first kappa shape index (κ1) is 25.1. The molecule has 0 bridgehead atoms. The van der Waals surface area contributed by atoms with Crippen molar-refractivity contribution >= 4 is 21.7 Å². The molecule has 1 aromatic rings. The number of piperazine rings is 1. The molecule has 182 valence electrons. The highest BCUT2D eigenvalue weighted by Crippen LogP contribution is 2.37. The van der Waals surface area contributed by atoms with Gasteiger partial charge >= 0.3 is 6.18 Å². The van der Waals surface area contributed by atoms with Crippen LogP contribution in [-0.2, 0) is 25.8 Å². The fourth-order valence-corrected chi connectivity index (χ4v) is 6.19. The van der Waals surface area contributed by atoms with Gasteiger partial charge < -0.3 is 4.90 Å². The van der Waals surface area contributed by atoms with Crippen LogP contribution in [0.4, 0.5) is 13.2 Å². The highest BCUT2D eigenvalue weighted by Gasteiger charge is 2.45. The summed E-state index contributed by atoms with van der Waals surface area (Å²) in [6.07, 6.45) is -4.88. The van der Waals surface area contributed by atoms with E-state index in [1.807, 2.05) is 0 Å². The smallest absolute Gasteiger partial charge is 0.340 e. The van der Waals surface area contributed by atoms with Gasteiger partial charge in [-0.15, -0.1) is 0 Å². The maximum absolute atomic E-state index is 13.3. The van der Waals surface area contributed by atoms with Crippen molar-refractivity contribution in [2.75, 3.05) is 32.7 Å². The Morgan fingerprint density at radius 2 is 1.79 bits per heavy atom. The first-order chi connectivity index (χ1) is 15.3. The van der Waals surface area contributed by atoms with Crippen LogP contribution < -0.4 is 0 Å². The number of hydrogen-bond acceptors (Lipinski definition) is 6. The fourth-order valence-electron chi connectivity index (χ4n) is 4.56. The second-order valence-electron chi connectivity index (χ2n) is 8.42. The van der Waals surface area contributed by atoms with E-state index in [1.165, 1.54) is 11.0 Å². The lowest BCUT2D eigenvalue weighted by molar-refractivity contribution is -0.490. The van der Waals surface area contributed by atoms with Crippen LogP contribution >= 0.6 is 0 Å². The molecule has 3 atom stereocenters. The Kier molecular flexibility index (Phi) is 7.13.